The Balaban J connectivity index is 1.88. The number of hydrogen-bond acceptors (Lipinski definition) is 2. The van der Waals surface area contributed by atoms with Gasteiger partial charge < -0.3 is 0 Å². The quantitative estimate of drug-likeness (QED) is 0.622. The fourth-order valence-electron chi connectivity index (χ4n) is 3.04. The summed E-state index contributed by atoms with van der Waals surface area (Å²) >= 11 is 0. The van der Waals surface area contributed by atoms with Crippen molar-refractivity contribution in [1.82, 2.24) is 14.6 Å². The number of aromatic nitrogens is 3. The Bertz CT molecular complexity index is 992. The fraction of sp³-hybridized carbons (Fsp3) is 0.294. The van der Waals surface area contributed by atoms with Gasteiger partial charge in [-0.2, -0.15) is 13.2 Å². The van der Waals surface area contributed by atoms with Gasteiger partial charge in [-0.25, -0.2) is 13.2 Å². The van der Waals surface area contributed by atoms with E-state index in [1.807, 2.05) is 0 Å². The summed E-state index contributed by atoms with van der Waals surface area (Å²) < 4.78 is 82.3. The van der Waals surface area contributed by atoms with Gasteiger partial charge in [0.15, 0.2) is 5.65 Å². The summed E-state index contributed by atoms with van der Waals surface area (Å²) in [7, 11) is 0. The zero-order chi connectivity index (χ0) is 18.7. The Labute approximate surface area is 143 Å². The smallest absolute Gasteiger partial charge is 0.286 e. The maximum absolute atomic E-state index is 14.0. The molecule has 1 fully saturated rings. The van der Waals surface area contributed by atoms with Crippen LogP contribution < -0.4 is 0 Å². The minimum atomic E-state index is -4.83. The van der Waals surface area contributed by atoms with Crippen molar-refractivity contribution in [3.05, 3.63) is 53.7 Å². The first kappa shape index (κ1) is 16.9. The van der Waals surface area contributed by atoms with Gasteiger partial charge in [0, 0.05) is 36.1 Å². The van der Waals surface area contributed by atoms with Crippen LogP contribution in [0.2, 0.25) is 0 Å². The molecule has 1 unspecified atom stereocenters. The van der Waals surface area contributed by atoms with E-state index in [1.54, 1.807) is 0 Å². The minimum Gasteiger partial charge on any atom is -0.286 e. The molecule has 3 aromatic rings. The lowest BCUT2D eigenvalue weighted by Crippen LogP contribution is -2.11. The Kier molecular flexibility index (Phi) is 3.54. The third-order valence-corrected chi connectivity index (χ3v) is 4.48. The minimum absolute atomic E-state index is 0.0211. The van der Waals surface area contributed by atoms with Gasteiger partial charge in [-0.3, -0.25) is 4.40 Å². The summed E-state index contributed by atoms with van der Waals surface area (Å²) in [6.45, 7) is 0. The van der Waals surface area contributed by atoms with Crippen LogP contribution in [0.4, 0.5) is 26.3 Å². The summed E-state index contributed by atoms with van der Waals surface area (Å²) in [6.07, 6.45) is -4.07. The maximum atomic E-state index is 14.0. The summed E-state index contributed by atoms with van der Waals surface area (Å²) in [6, 6.07) is 6.19. The topological polar surface area (TPSA) is 30.2 Å². The van der Waals surface area contributed by atoms with Crippen LogP contribution in [-0.2, 0) is 12.6 Å². The van der Waals surface area contributed by atoms with Crippen LogP contribution in [0.5, 0.6) is 0 Å². The molecule has 1 saturated carbocycles. The number of halogens is 6. The molecule has 4 rings (SSSR count). The summed E-state index contributed by atoms with van der Waals surface area (Å²) in [5, 5.41) is 7.21. The highest BCUT2D eigenvalue weighted by molar-refractivity contribution is 5.74. The van der Waals surface area contributed by atoms with Gasteiger partial charge in [-0.15, -0.1) is 10.2 Å². The molecule has 136 valence electrons. The van der Waals surface area contributed by atoms with Crippen LogP contribution in [0.3, 0.4) is 0 Å². The van der Waals surface area contributed by atoms with Gasteiger partial charge in [0.05, 0.1) is 0 Å². The molecule has 0 radical (unpaired) electrons. The van der Waals surface area contributed by atoms with Crippen molar-refractivity contribution in [1.29, 1.82) is 0 Å². The lowest BCUT2D eigenvalue weighted by Gasteiger charge is -2.14. The molecule has 0 bridgehead atoms. The molecule has 1 atom stereocenters. The summed E-state index contributed by atoms with van der Waals surface area (Å²) in [4.78, 5) is 0. The van der Waals surface area contributed by atoms with Crippen LogP contribution in [0, 0.1) is 11.7 Å². The Morgan fingerprint density at radius 2 is 1.77 bits per heavy atom. The lowest BCUT2D eigenvalue weighted by atomic mass is 10.00. The first-order valence-corrected chi connectivity index (χ1v) is 7.75. The number of alkyl halides is 5. The molecule has 1 aliphatic rings. The van der Waals surface area contributed by atoms with Gasteiger partial charge in [-0.1, -0.05) is 18.2 Å². The molecule has 0 aliphatic heterocycles. The standard InChI is InChI=1S/C17H11F6N3/c18-12-4-2-1-3-10(12)11-5-6-26-13(7-9-8-16(9,19)20)24-25-15(26)14(11)17(21,22)23/h1-6,9H,7-8H2. The average molecular weight is 371 g/mol. The normalized spacial score (nSPS) is 19.1. The van der Waals surface area contributed by atoms with Gasteiger partial charge >= 0.3 is 6.18 Å². The van der Waals surface area contributed by atoms with E-state index in [0.29, 0.717) is 0 Å². The van der Waals surface area contributed by atoms with Gasteiger partial charge in [-0.05, 0) is 12.1 Å². The molecule has 0 saturated heterocycles. The van der Waals surface area contributed by atoms with Crippen LogP contribution >= 0.6 is 0 Å². The van der Waals surface area contributed by atoms with E-state index < -0.39 is 35.0 Å². The van der Waals surface area contributed by atoms with Gasteiger partial charge in [0.1, 0.15) is 17.2 Å². The summed E-state index contributed by atoms with van der Waals surface area (Å²) in [5.41, 5.74) is -2.27. The molecule has 26 heavy (non-hydrogen) atoms. The monoisotopic (exact) mass is 371 g/mol. The van der Waals surface area contributed by atoms with E-state index in [-0.39, 0.29) is 29.8 Å². The van der Waals surface area contributed by atoms with Crippen molar-refractivity contribution in [2.75, 3.05) is 0 Å². The molecule has 0 N–H and O–H groups in total. The van der Waals surface area contributed by atoms with E-state index in [9.17, 15) is 26.3 Å². The average Bonchev–Trinajstić information content (AvgIpc) is 2.97. The van der Waals surface area contributed by atoms with Crippen molar-refractivity contribution < 1.29 is 26.3 Å². The van der Waals surface area contributed by atoms with Crippen LogP contribution in [-0.4, -0.2) is 20.5 Å². The van der Waals surface area contributed by atoms with Crippen LogP contribution in [0.25, 0.3) is 16.8 Å². The Morgan fingerprint density at radius 3 is 2.38 bits per heavy atom. The molecular weight excluding hydrogens is 360 g/mol. The molecule has 9 heteroatoms. The number of benzene rings is 1. The molecule has 2 heterocycles. The number of pyridine rings is 1. The highest BCUT2D eigenvalue weighted by Crippen LogP contribution is 2.50. The first-order chi connectivity index (χ1) is 12.2. The van der Waals surface area contributed by atoms with E-state index >= 15 is 0 Å². The molecule has 0 spiro atoms. The lowest BCUT2D eigenvalue weighted by molar-refractivity contribution is -0.136. The molecule has 0 amide bonds. The van der Waals surface area contributed by atoms with E-state index in [0.717, 1.165) is 16.5 Å². The molecule has 1 aliphatic carbocycles. The third-order valence-electron chi connectivity index (χ3n) is 4.48. The summed E-state index contributed by atoms with van der Waals surface area (Å²) in [5.74, 6) is -4.55. The second-order valence-electron chi connectivity index (χ2n) is 6.26. The largest absolute Gasteiger partial charge is 0.420 e. The molecule has 3 nitrogen and oxygen atoms in total. The number of rotatable bonds is 3. The second kappa shape index (κ2) is 5.46. The van der Waals surface area contributed by atoms with Crippen LogP contribution in [0.15, 0.2) is 36.5 Å². The van der Waals surface area contributed by atoms with E-state index in [1.165, 1.54) is 24.4 Å². The van der Waals surface area contributed by atoms with E-state index in [2.05, 4.69) is 10.2 Å². The van der Waals surface area contributed by atoms with Crippen molar-refractivity contribution in [2.24, 2.45) is 5.92 Å². The first-order valence-electron chi connectivity index (χ1n) is 7.75. The van der Waals surface area contributed by atoms with Gasteiger partial charge in [0.25, 0.3) is 5.92 Å². The van der Waals surface area contributed by atoms with Crippen molar-refractivity contribution in [3.63, 3.8) is 0 Å². The zero-order valence-electron chi connectivity index (χ0n) is 13.1. The zero-order valence-corrected chi connectivity index (χ0v) is 13.1. The molecule has 1 aromatic carbocycles. The highest BCUT2D eigenvalue weighted by Gasteiger charge is 2.57. The Hall–Kier alpha value is -2.58. The molecule has 2 aromatic heterocycles. The number of hydrogen-bond donors (Lipinski definition) is 0. The third kappa shape index (κ3) is 2.71. The highest BCUT2D eigenvalue weighted by atomic mass is 19.4. The second-order valence-corrected chi connectivity index (χ2v) is 6.26. The Morgan fingerprint density at radius 1 is 1.08 bits per heavy atom. The molecular formula is C17H11F6N3. The van der Waals surface area contributed by atoms with Crippen LogP contribution in [0.1, 0.15) is 17.8 Å². The van der Waals surface area contributed by atoms with Gasteiger partial charge in [0.2, 0.25) is 0 Å². The van der Waals surface area contributed by atoms with E-state index in [4.69, 9.17) is 0 Å². The SMILES string of the molecule is Fc1ccccc1-c1ccn2c(CC3CC3(F)F)nnc2c1C(F)(F)F. The van der Waals surface area contributed by atoms with Crippen molar-refractivity contribution >= 4 is 5.65 Å². The predicted octanol–water partition coefficient (Wildman–Crippen LogP) is 4.75. The maximum Gasteiger partial charge on any atom is 0.420 e. The van der Waals surface area contributed by atoms with Crippen molar-refractivity contribution in [2.45, 2.75) is 24.9 Å². The predicted molar refractivity (Wildman–Crippen MR) is 80.1 cm³/mol. The fourth-order valence-corrected chi connectivity index (χ4v) is 3.04. The van der Waals surface area contributed by atoms with Crippen molar-refractivity contribution in [3.8, 4) is 11.1 Å². The number of fused-ring (bicyclic) bond motifs is 1. The number of nitrogens with zero attached hydrogens (tertiary/aromatic N) is 3.